The molecule has 0 spiro atoms. The largest absolute Gasteiger partial charge is 0.475 e. The summed E-state index contributed by atoms with van der Waals surface area (Å²) in [6, 6.07) is 3.74. The van der Waals surface area contributed by atoms with Crippen molar-refractivity contribution in [1.29, 1.82) is 0 Å². The molecule has 0 aliphatic heterocycles. The maximum atomic E-state index is 5.87. The van der Waals surface area contributed by atoms with E-state index in [2.05, 4.69) is 15.3 Å². The average molecular weight is 257 g/mol. The highest BCUT2D eigenvalue weighted by molar-refractivity contribution is 6.31. The molecule has 1 rings (SSSR count). The summed E-state index contributed by atoms with van der Waals surface area (Å²) < 4.78 is 5.36. The third-order valence-electron chi connectivity index (χ3n) is 1.77. The molecular formula is C11H17ClN4O. The van der Waals surface area contributed by atoms with Crippen LogP contribution in [-0.2, 0) is 0 Å². The van der Waals surface area contributed by atoms with Crippen molar-refractivity contribution in [3.05, 3.63) is 23.4 Å². The first-order chi connectivity index (χ1) is 8.09. The molecule has 5 nitrogen and oxygen atoms in total. The first-order valence-electron chi connectivity index (χ1n) is 5.39. The number of nitrogens with zero attached hydrogens (tertiary/aromatic N) is 2. The molecule has 1 heterocycles. The summed E-state index contributed by atoms with van der Waals surface area (Å²) in [6.07, 6.45) is 1.62. The predicted molar refractivity (Wildman–Crippen MR) is 69.5 cm³/mol. The van der Waals surface area contributed by atoms with Gasteiger partial charge in [-0.1, -0.05) is 11.6 Å². The molecule has 6 heteroatoms. The Kier molecular flexibility index (Phi) is 5.56. The highest BCUT2D eigenvalue weighted by Crippen LogP contribution is 2.19. The third-order valence-corrected chi connectivity index (χ3v) is 2.06. The van der Waals surface area contributed by atoms with E-state index in [4.69, 9.17) is 22.1 Å². The second-order valence-electron chi connectivity index (χ2n) is 3.70. The van der Waals surface area contributed by atoms with Gasteiger partial charge < -0.3 is 15.8 Å². The van der Waals surface area contributed by atoms with Gasteiger partial charge in [-0.05, 0) is 26.0 Å². The van der Waals surface area contributed by atoms with E-state index in [0.717, 1.165) is 0 Å². The molecule has 94 valence electrons. The van der Waals surface area contributed by atoms with Crippen molar-refractivity contribution in [2.45, 2.75) is 19.9 Å². The molecule has 0 amide bonds. The topological polar surface area (TPSA) is 72.5 Å². The van der Waals surface area contributed by atoms with E-state index in [1.165, 1.54) is 0 Å². The summed E-state index contributed by atoms with van der Waals surface area (Å²) in [6.45, 7) is 4.83. The van der Waals surface area contributed by atoms with Crippen LogP contribution in [0.25, 0.3) is 0 Å². The van der Waals surface area contributed by atoms with Gasteiger partial charge in [-0.2, -0.15) is 0 Å². The second-order valence-corrected chi connectivity index (χ2v) is 4.11. The molecule has 0 saturated heterocycles. The molecule has 0 unspecified atom stereocenters. The van der Waals surface area contributed by atoms with Gasteiger partial charge in [0.15, 0.2) is 5.96 Å². The molecule has 0 fully saturated rings. The zero-order chi connectivity index (χ0) is 12.7. The number of aliphatic imine (C=N–C) groups is 1. The number of hydrogen-bond acceptors (Lipinski definition) is 3. The van der Waals surface area contributed by atoms with Crippen molar-refractivity contribution in [1.82, 2.24) is 10.3 Å². The molecule has 0 radical (unpaired) electrons. The molecule has 0 atom stereocenters. The zero-order valence-corrected chi connectivity index (χ0v) is 10.7. The van der Waals surface area contributed by atoms with E-state index >= 15 is 0 Å². The number of rotatable bonds is 5. The minimum Gasteiger partial charge on any atom is -0.475 e. The molecule has 1 aromatic heterocycles. The summed E-state index contributed by atoms with van der Waals surface area (Å²) in [7, 11) is 0. The van der Waals surface area contributed by atoms with Crippen LogP contribution in [0.3, 0.4) is 0 Å². The van der Waals surface area contributed by atoms with Crippen molar-refractivity contribution in [2.75, 3.05) is 13.2 Å². The predicted octanol–water partition coefficient (Wildman–Crippen LogP) is 1.43. The maximum absolute atomic E-state index is 5.87. The quantitative estimate of drug-likeness (QED) is 0.475. The van der Waals surface area contributed by atoms with Crippen LogP contribution in [-0.4, -0.2) is 30.1 Å². The normalized spacial score (nSPS) is 11.6. The number of ether oxygens (including phenoxy) is 1. The van der Waals surface area contributed by atoms with Crippen LogP contribution in [0, 0.1) is 0 Å². The number of nitrogens with one attached hydrogen (secondary N) is 1. The van der Waals surface area contributed by atoms with E-state index in [1.54, 1.807) is 18.3 Å². The number of aromatic nitrogens is 1. The van der Waals surface area contributed by atoms with Gasteiger partial charge in [-0.3, -0.25) is 0 Å². The monoisotopic (exact) mass is 256 g/mol. The van der Waals surface area contributed by atoms with Crippen LogP contribution in [0.15, 0.2) is 23.3 Å². The Balaban J connectivity index is 2.31. The SMILES string of the molecule is CC(C)NC(N)=NCCOc1ncccc1Cl. The molecule has 0 saturated carbocycles. The van der Waals surface area contributed by atoms with Gasteiger partial charge in [-0.25, -0.2) is 9.98 Å². The lowest BCUT2D eigenvalue weighted by Gasteiger charge is -2.08. The smallest absolute Gasteiger partial charge is 0.232 e. The van der Waals surface area contributed by atoms with Crippen molar-refractivity contribution in [3.8, 4) is 5.88 Å². The van der Waals surface area contributed by atoms with Crippen LogP contribution in [0.5, 0.6) is 5.88 Å². The molecule has 0 aliphatic carbocycles. The fourth-order valence-electron chi connectivity index (χ4n) is 1.13. The molecule has 1 aromatic rings. The van der Waals surface area contributed by atoms with Crippen LogP contribution in [0.1, 0.15) is 13.8 Å². The van der Waals surface area contributed by atoms with Gasteiger partial charge in [0, 0.05) is 12.2 Å². The van der Waals surface area contributed by atoms with E-state index < -0.39 is 0 Å². The summed E-state index contributed by atoms with van der Waals surface area (Å²) in [5.74, 6) is 0.829. The minimum absolute atomic E-state index is 0.268. The Morgan fingerprint density at radius 3 is 3.06 bits per heavy atom. The number of halogens is 1. The molecule has 0 bridgehead atoms. The lowest BCUT2D eigenvalue weighted by molar-refractivity contribution is 0.316. The third kappa shape index (κ3) is 5.40. The van der Waals surface area contributed by atoms with Crippen LogP contribution in [0.4, 0.5) is 0 Å². The van der Waals surface area contributed by atoms with Crippen molar-refractivity contribution in [3.63, 3.8) is 0 Å². The van der Waals surface area contributed by atoms with Gasteiger partial charge in [-0.15, -0.1) is 0 Å². The van der Waals surface area contributed by atoms with Crippen molar-refractivity contribution < 1.29 is 4.74 Å². The van der Waals surface area contributed by atoms with Gasteiger partial charge in [0.05, 0.1) is 6.54 Å². The standard InChI is InChI=1S/C11H17ClN4O/c1-8(2)16-11(13)15-6-7-17-10-9(12)4-3-5-14-10/h3-5,8H,6-7H2,1-2H3,(H3,13,15,16). The van der Waals surface area contributed by atoms with E-state index in [-0.39, 0.29) is 6.04 Å². The Hall–Kier alpha value is -1.49. The Labute approximate surface area is 106 Å². The highest BCUT2D eigenvalue weighted by atomic mass is 35.5. The first kappa shape index (κ1) is 13.6. The second kappa shape index (κ2) is 6.96. The van der Waals surface area contributed by atoms with Crippen molar-refractivity contribution >= 4 is 17.6 Å². The Morgan fingerprint density at radius 2 is 2.41 bits per heavy atom. The van der Waals surface area contributed by atoms with Crippen LogP contribution < -0.4 is 15.8 Å². The van der Waals surface area contributed by atoms with Crippen LogP contribution in [0.2, 0.25) is 5.02 Å². The summed E-state index contributed by atoms with van der Waals surface area (Å²) in [5.41, 5.74) is 5.63. The number of nitrogens with two attached hydrogens (primary N) is 1. The molecule has 0 aliphatic rings. The average Bonchev–Trinajstić information content (AvgIpc) is 2.25. The highest BCUT2D eigenvalue weighted by Gasteiger charge is 2.00. The van der Waals surface area contributed by atoms with Gasteiger partial charge in [0.25, 0.3) is 0 Å². The Bertz CT molecular complexity index is 381. The molecular weight excluding hydrogens is 240 g/mol. The summed E-state index contributed by atoms with van der Waals surface area (Å²) in [5, 5.41) is 3.47. The molecule has 0 aromatic carbocycles. The zero-order valence-electron chi connectivity index (χ0n) is 9.98. The lowest BCUT2D eigenvalue weighted by Crippen LogP contribution is -2.37. The first-order valence-corrected chi connectivity index (χ1v) is 5.77. The minimum atomic E-state index is 0.268. The summed E-state index contributed by atoms with van der Waals surface area (Å²) in [4.78, 5) is 8.09. The van der Waals surface area contributed by atoms with Gasteiger partial charge >= 0.3 is 0 Å². The van der Waals surface area contributed by atoms with E-state index in [0.29, 0.717) is 30.0 Å². The number of guanidine groups is 1. The van der Waals surface area contributed by atoms with Crippen LogP contribution >= 0.6 is 11.6 Å². The fraction of sp³-hybridized carbons (Fsp3) is 0.455. The Morgan fingerprint density at radius 1 is 1.65 bits per heavy atom. The number of hydrogen-bond donors (Lipinski definition) is 2. The van der Waals surface area contributed by atoms with E-state index in [9.17, 15) is 0 Å². The number of pyridine rings is 1. The molecule has 17 heavy (non-hydrogen) atoms. The lowest BCUT2D eigenvalue weighted by atomic mass is 10.4. The molecule has 3 N–H and O–H groups in total. The summed E-state index contributed by atoms with van der Waals surface area (Å²) >= 11 is 5.87. The fourth-order valence-corrected chi connectivity index (χ4v) is 1.30. The van der Waals surface area contributed by atoms with Crippen molar-refractivity contribution in [2.24, 2.45) is 10.7 Å². The van der Waals surface area contributed by atoms with Gasteiger partial charge in [0.2, 0.25) is 5.88 Å². The maximum Gasteiger partial charge on any atom is 0.232 e. The van der Waals surface area contributed by atoms with E-state index in [1.807, 2.05) is 13.8 Å². The van der Waals surface area contributed by atoms with Gasteiger partial charge in [0.1, 0.15) is 11.6 Å².